The van der Waals surface area contributed by atoms with Crippen molar-refractivity contribution in [2.24, 2.45) is 0 Å². The van der Waals surface area contributed by atoms with Crippen LogP contribution in [-0.2, 0) is 4.79 Å². The summed E-state index contributed by atoms with van der Waals surface area (Å²) in [4.78, 5) is 26.2. The van der Waals surface area contributed by atoms with Crippen molar-refractivity contribution in [3.63, 3.8) is 0 Å². The highest BCUT2D eigenvalue weighted by Crippen LogP contribution is 2.26. The molecule has 1 fully saturated rings. The van der Waals surface area contributed by atoms with Gasteiger partial charge in [-0.15, -0.1) is 0 Å². The van der Waals surface area contributed by atoms with Crippen molar-refractivity contribution in [2.45, 2.75) is 12.8 Å². The Hall–Kier alpha value is -2.82. The Morgan fingerprint density at radius 3 is 2.52 bits per heavy atom. The van der Waals surface area contributed by atoms with Crippen molar-refractivity contribution in [1.82, 2.24) is 0 Å². The van der Waals surface area contributed by atoms with Gasteiger partial charge in [-0.3, -0.25) is 9.59 Å². The number of hydrogen-bond acceptors (Lipinski definition) is 3. The number of benzene rings is 2. The monoisotopic (exact) mass is 310 g/mol. The molecule has 0 unspecified atom stereocenters. The summed E-state index contributed by atoms with van der Waals surface area (Å²) in [7, 11) is 1.59. The quantitative estimate of drug-likeness (QED) is 0.944. The zero-order valence-corrected chi connectivity index (χ0v) is 12.9. The van der Waals surface area contributed by atoms with E-state index in [-0.39, 0.29) is 11.8 Å². The van der Waals surface area contributed by atoms with Crippen molar-refractivity contribution >= 4 is 23.2 Å². The molecule has 0 spiro atoms. The SMILES string of the molecule is COc1ccc(NC(=O)c2ccccc2N2CCCC2=O)cc1. The van der Waals surface area contributed by atoms with Crippen molar-refractivity contribution < 1.29 is 14.3 Å². The number of hydrogen-bond donors (Lipinski definition) is 1. The molecule has 0 aromatic heterocycles. The zero-order valence-electron chi connectivity index (χ0n) is 12.9. The second-order valence-corrected chi connectivity index (χ2v) is 5.35. The van der Waals surface area contributed by atoms with Gasteiger partial charge in [-0.05, 0) is 42.8 Å². The fraction of sp³-hybridized carbons (Fsp3) is 0.222. The summed E-state index contributed by atoms with van der Waals surface area (Å²) in [6, 6.07) is 14.3. The van der Waals surface area contributed by atoms with Gasteiger partial charge in [-0.25, -0.2) is 0 Å². The lowest BCUT2D eigenvalue weighted by Crippen LogP contribution is -2.27. The summed E-state index contributed by atoms with van der Waals surface area (Å²) in [6.45, 7) is 0.658. The van der Waals surface area contributed by atoms with Crippen LogP contribution in [0, 0.1) is 0 Å². The van der Waals surface area contributed by atoms with Gasteiger partial charge in [0.15, 0.2) is 0 Å². The number of carbonyl (C=O) groups is 2. The Kier molecular flexibility index (Phi) is 4.28. The molecule has 1 aliphatic heterocycles. The van der Waals surface area contributed by atoms with Crippen LogP contribution >= 0.6 is 0 Å². The number of ether oxygens (including phenoxy) is 1. The number of methoxy groups -OCH3 is 1. The molecule has 5 heteroatoms. The second-order valence-electron chi connectivity index (χ2n) is 5.35. The van der Waals surface area contributed by atoms with Gasteiger partial charge in [0.1, 0.15) is 5.75 Å². The van der Waals surface area contributed by atoms with Gasteiger partial charge in [0, 0.05) is 18.7 Å². The molecule has 1 heterocycles. The van der Waals surface area contributed by atoms with Crippen LogP contribution in [0.25, 0.3) is 0 Å². The molecule has 0 bridgehead atoms. The fourth-order valence-corrected chi connectivity index (χ4v) is 2.68. The van der Waals surface area contributed by atoms with Crippen LogP contribution in [-0.4, -0.2) is 25.5 Å². The Labute approximate surface area is 134 Å². The lowest BCUT2D eigenvalue weighted by atomic mass is 10.1. The first-order valence-corrected chi connectivity index (χ1v) is 7.54. The number of para-hydroxylation sites is 1. The molecule has 0 atom stereocenters. The number of nitrogens with zero attached hydrogens (tertiary/aromatic N) is 1. The average Bonchev–Trinajstić information content (AvgIpc) is 3.01. The van der Waals surface area contributed by atoms with Crippen LogP contribution in [0.1, 0.15) is 23.2 Å². The number of anilines is 2. The summed E-state index contributed by atoms with van der Waals surface area (Å²) < 4.78 is 5.10. The number of carbonyl (C=O) groups excluding carboxylic acids is 2. The Morgan fingerprint density at radius 2 is 1.87 bits per heavy atom. The van der Waals surface area contributed by atoms with Crippen LogP contribution in [0.3, 0.4) is 0 Å². The van der Waals surface area contributed by atoms with Gasteiger partial charge in [-0.1, -0.05) is 12.1 Å². The van der Waals surface area contributed by atoms with Crippen LogP contribution in [0.4, 0.5) is 11.4 Å². The molecule has 2 aromatic carbocycles. The predicted molar refractivity (Wildman–Crippen MR) is 89.0 cm³/mol. The minimum absolute atomic E-state index is 0.0645. The van der Waals surface area contributed by atoms with E-state index in [9.17, 15) is 9.59 Å². The molecule has 2 aromatic rings. The van der Waals surface area contributed by atoms with E-state index >= 15 is 0 Å². The van der Waals surface area contributed by atoms with Crippen LogP contribution in [0.2, 0.25) is 0 Å². The van der Waals surface area contributed by atoms with Crippen molar-refractivity contribution in [1.29, 1.82) is 0 Å². The summed E-state index contributed by atoms with van der Waals surface area (Å²) in [5.74, 6) is 0.561. The van der Waals surface area contributed by atoms with Gasteiger partial charge in [0.05, 0.1) is 18.4 Å². The number of rotatable bonds is 4. The first-order valence-electron chi connectivity index (χ1n) is 7.54. The van der Waals surface area contributed by atoms with Gasteiger partial charge in [0.2, 0.25) is 5.91 Å². The molecule has 5 nitrogen and oxygen atoms in total. The van der Waals surface area contributed by atoms with Crippen molar-refractivity contribution in [2.75, 3.05) is 23.9 Å². The highest BCUT2D eigenvalue weighted by Gasteiger charge is 2.25. The summed E-state index contributed by atoms with van der Waals surface area (Å²) in [5.41, 5.74) is 1.85. The first kappa shape index (κ1) is 15.1. The maximum atomic E-state index is 12.6. The molecule has 0 radical (unpaired) electrons. The van der Waals surface area contributed by atoms with Crippen LogP contribution in [0.15, 0.2) is 48.5 Å². The molecule has 1 aliphatic rings. The molecule has 2 amide bonds. The molecule has 23 heavy (non-hydrogen) atoms. The van der Waals surface area contributed by atoms with Gasteiger partial charge in [-0.2, -0.15) is 0 Å². The fourth-order valence-electron chi connectivity index (χ4n) is 2.68. The van der Waals surface area contributed by atoms with Crippen molar-refractivity contribution in [3.8, 4) is 5.75 Å². The Morgan fingerprint density at radius 1 is 1.13 bits per heavy atom. The van der Waals surface area contributed by atoms with Crippen LogP contribution < -0.4 is 15.0 Å². The van der Waals surface area contributed by atoms with Crippen molar-refractivity contribution in [3.05, 3.63) is 54.1 Å². The highest BCUT2D eigenvalue weighted by molar-refractivity contribution is 6.11. The van der Waals surface area contributed by atoms with Crippen LogP contribution in [0.5, 0.6) is 5.75 Å². The third kappa shape index (κ3) is 3.18. The lowest BCUT2D eigenvalue weighted by molar-refractivity contribution is -0.117. The predicted octanol–water partition coefficient (Wildman–Crippen LogP) is 3.07. The molecular formula is C18H18N2O3. The highest BCUT2D eigenvalue weighted by atomic mass is 16.5. The van der Waals surface area contributed by atoms with Gasteiger partial charge in [0.25, 0.3) is 5.91 Å². The molecule has 0 saturated carbocycles. The standard InChI is InChI=1S/C18H18N2O3/c1-23-14-10-8-13(9-11-14)19-18(22)15-5-2-3-6-16(15)20-12-4-7-17(20)21/h2-3,5-6,8-11H,4,7,12H2,1H3,(H,19,22). The average molecular weight is 310 g/mol. The first-order chi connectivity index (χ1) is 11.2. The third-order valence-electron chi connectivity index (χ3n) is 3.86. The number of nitrogens with one attached hydrogen (secondary N) is 1. The lowest BCUT2D eigenvalue weighted by Gasteiger charge is -2.19. The Balaban J connectivity index is 1.83. The molecule has 1 saturated heterocycles. The normalized spacial score (nSPS) is 14.0. The topological polar surface area (TPSA) is 58.6 Å². The summed E-state index contributed by atoms with van der Waals surface area (Å²) in [5, 5.41) is 2.86. The zero-order chi connectivity index (χ0) is 16.2. The molecular weight excluding hydrogens is 292 g/mol. The second kappa shape index (κ2) is 6.52. The van der Waals surface area contributed by atoms with E-state index in [0.717, 1.165) is 12.2 Å². The van der Waals surface area contributed by atoms with E-state index in [1.807, 2.05) is 12.1 Å². The third-order valence-corrected chi connectivity index (χ3v) is 3.86. The van der Waals surface area contributed by atoms with Gasteiger partial charge >= 0.3 is 0 Å². The summed E-state index contributed by atoms with van der Waals surface area (Å²) in [6.07, 6.45) is 1.36. The molecule has 1 N–H and O–H groups in total. The van der Waals surface area contributed by atoms with E-state index in [1.54, 1.807) is 48.4 Å². The summed E-state index contributed by atoms with van der Waals surface area (Å²) >= 11 is 0. The van der Waals surface area contributed by atoms with E-state index < -0.39 is 0 Å². The molecule has 3 rings (SSSR count). The maximum Gasteiger partial charge on any atom is 0.257 e. The minimum Gasteiger partial charge on any atom is -0.497 e. The van der Waals surface area contributed by atoms with E-state index in [1.165, 1.54) is 0 Å². The molecule has 118 valence electrons. The largest absolute Gasteiger partial charge is 0.497 e. The smallest absolute Gasteiger partial charge is 0.257 e. The molecule has 0 aliphatic carbocycles. The minimum atomic E-state index is -0.231. The van der Waals surface area contributed by atoms with Gasteiger partial charge < -0.3 is 15.0 Å². The van der Waals surface area contributed by atoms with E-state index in [2.05, 4.69) is 5.32 Å². The van der Waals surface area contributed by atoms with E-state index in [4.69, 9.17) is 4.74 Å². The maximum absolute atomic E-state index is 12.6. The Bertz CT molecular complexity index is 725. The van der Waals surface area contributed by atoms with E-state index in [0.29, 0.717) is 29.9 Å². The number of amides is 2.